The number of hydrogen-bond acceptors (Lipinski definition) is 7. The van der Waals surface area contributed by atoms with E-state index in [-0.39, 0.29) is 11.5 Å². The van der Waals surface area contributed by atoms with E-state index in [9.17, 15) is 10.1 Å². The third-order valence-electron chi connectivity index (χ3n) is 3.39. The molecule has 0 saturated carbocycles. The minimum Gasteiger partial charge on any atom is -0.297 e. The van der Waals surface area contributed by atoms with E-state index in [1.54, 1.807) is 0 Å². The lowest BCUT2D eigenvalue weighted by Gasteiger charge is -2.07. The predicted molar refractivity (Wildman–Crippen MR) is 95.2 cm³/mol. The molecule has 0 bridgehead atoms. The Labute approximate surface area is 147 Å². The number of aromatic nitrogens is 3. The van der Waals surface area contributed by atoms with Crippen LogP contribution >= 0.6 is 23.1 Å². The molecule has 7 heteroatoms. The first kappa shape index (κ1) is 16.6. The molecule has 0 aliphatic heterocycles. The number of nitrogens with zero attached hydrogens (tertiary/aromatic N) is 4. The van der Waals surface area contributed by atoms with Gasteiger partial charge in [0.05, 0.1) is 28.5 Å². The number of Topliss-reactive ketones (excluding diaryl/α,β-unsaturated/α-hetero) is 1. The highest BCUT2D eigenvalue weighted by Gasteiger charge is 2.23. The normalized spacial score (nSPS) is 12.0. The standard InChI is InChI=1S/C17H14N4OS2/c1-10-8-23-17(19-10)12(7-18)15(22)9-24-16-11(2)20-13-5-3-4-6-14(13)21-16/h3-6,8,12H,9H2,1-2H3. The first-order chi connectivity index (χ1) is 11.6. The Morgan fingerprint density at radius 3 is 2.58 bits per heavy atom. The van der Waals surface area contributed by atoms with Gasteiger partial charge in [0.15, 0.2) is 11.7 Å². The van der Waals surface area contributed by atoms with Crippen molar-refractivity contribution in [1.82, 2.24) is 15.0 Å². The zero-order chi connectivity index (χ0) is 17.1. The van der Waals surface area contributed by atoms with Gasteiger partial charge >= 0.3 is 0 Å². The summed E-state index contributed by atoms with van der Waals surface area (Å²) >= 11 is 2.66. The Kier molecular flexibility index (Phi) is 4.88. The number of thiazole rings is 1. The fraction of sp³-hybridized carbons (Fsp3) is 0.235. The average Bonchev–Trinajstić information content (AvgIpc) is 2.99. The van der Waals surface area contributed by atoms with Crippen molar-refractivity contribution in [1.29, 1.82) is 5.26 Å². The summed E-state index contributed by atoms with van der Waals surface area (Å²) in [6.07, 6.45) is 0. The maximum atomic E-state index is 12.4. The van der Waals surface area contributed by atoms with E-state index in [2.05, 4.69) is 21.0 Å². The van der Waals surface area contributed by atoms with Gasteiger partial charge in [0.1, 0.15) is 10.0 Å². The number of carbonyl (C=O) groups excluding carboxylic acids is 1. The van der Waals surface area contributed by atoms with E-state index in [0.717, 1.165) is 22.4 Å². The molecule has 0 amide bonds. The highest BCUT2D eigenvalue weighted by Crippen LogP contribution is 2.26. The van der Waals surface area contributed by atoms with Crippen molar-refractivity contribution in [2.24, 2.45) is 0 Å². The molecular formula is C17H14N4OS2. The van der Waals surface area contributed by atoms with E-state index in [0.29, 0.717) is 10.0 Å². The lowest BCUT2D eigenvalue weighted by molar-refractivity contribution is -0.116. The molecule has 0 N–H and O–H groups in total. The van der Waals surface area contributed by atoms with Crippen molar-refractivity contribution in [3.63, 3.8) is 0 Å². The van der Waals surface area contributed by atoms with Gasteiger partial charge in [-0.1, -0.05) is 23.9 Å². The Hall–Kier alpha value is -2.30. The van der Waals surface area contributed by atoms with E-state index in [4.69, 9.17) is 0 Å². The van der Waals surface area contributed by atoms with Crippen LogP contribution in [0.5, 0.6) is 0 Å². The number of rotatable bonds is 5. The molecule has 0 radical (unpaired) electrons. The fourth-order valence-electron chi connectivity index (χ4n) is 2.20. The van der Waals surface area contributed by atoms with Crippen LogP contribution in [0.3, 0.4) is 0 Å². The van der Waals surface area contributed by atoms with Crippen LogP contribution in [-0.2, 0) is 4.79 Å². The lowest BCUT2D eigenvalue weighted by Crippen LogP contribution is -2.13. The van der Waals surface area contributed by atoms with Crippen LogP contribution in [0.15, 0.2) is 34.7 Å². The molecular weight excluding hydrogens is 340 g/mol. The molecule has 2 heterocycles. The SMILES string of the molecule is Cc1csc(C(C#N)C(=O)CSc2nc3ccccc3nc2C)n1. The zero-order valence-electron chi connectivity index (χ0n) is 13.2. The third kappa shape index (κ3) is 3.45. The van der Waals surface area contributed by atoms with Crippen LogP contribution in [0.1, 0.15) is 22.3 Å². The van der Waals surface area contributed by atoms with Crippen molar-refractivity contribution >= 4 is 39.9 Å². The minimum atomic E-state index is -0.815. The van der Waals surface area contributed by atoms with Crippen LogP contribution in [-0.4, -0.2) is 26.5 Å². The quantitative estimate of drug-likeness (QED) is 0.650. The van der Waals surface area contributed by atoms with Crippen LogP contribution < -0.4 is 0 Å². The second-order valence-corrected chi connectivity index (χ2v) is 7.10. The fourth-order valence-corrected chi connectivity index (χ4v) is 3.93. The topological polar surface area (TPSA) is 79.5 Å². The first-order valence-corrected chi connectivity index (χ1v) is 9.15. The summed E-state index contributed by atoms with van der Waals surface area (Å²) in [4.78, 5) is 25.7. The summed E-state index contributed by atoms with van der Waals surface area (Å²) in [6.45, 7) is 3.72. The second kappa shape index (κ2) is 7.07. The van der Waals surface area contributed by atoms with E-state index in [1.807, 2.05) is 43.5 Å². The number of hydrogen-bond donors (Lipinski definition) is 0. The zero-order valence-corrected chi connectivity index (χ0v) is 14.8. The molecule has 1 atom stereocenters. The number of benzene rings is 1. The smallest absolute Gasteiger partial charge is 0.167 e. The number of thioether (sulfide) groups is 1. The van der Waals surface area contributed by atoms with Crippen molar-refractivity contribution in [3.05, 3.63) is 46.0 Å². The summed E-state index contributed by atoms with van der Waals surface area (Å²) in [5.41, 5.74) is 3.24. The van der Waals surface area contributed by atoms with Gasteiger partial charge in [0.2, 0.25) is 0 Å². The number of fused-ring (bicyclic) bond motifs is 1. The molecule has 120 valence electrons. The summed E-state index contributed by atoms with van der Waals surface area (Å²) < 4.78 is 0. The van der Waals surface area contributed by atoms with Gasteiger partial charge in [-0.05, 0) is 26.0 Å². The second-order valence-electron chi connectivity index (χ2n) is 5.25. The number of carbonyl (C=O) groups is 1. The Morgan fingerprint density at radius 1 is 1.25 bits per heavy atom. The maximum absolute atomic E-state index is 12.4. The molecule has 2 aromatic heterocycles. The first-order valence-electron chi connectivity index (χ1n) is 7.29. The molecule has 1 aromatic carbocycles. The molecule has 3 rings (SSSR count). The van der Waals surface area contributed by atoms with Crippen LogP contribution in [0, 0.1) is 25.2 Å². The summed E-state index contributed by atoms with van der Waals surface area (Å²) in [5.74, 6) is -0.804. The van der Waals surface area contributed by atoms with Gasteiger partial charge in [0.25, 0.3) is 0 Å². The van der Waals surface area contributed by atoms with Crippen molar-refractivity contribution < 1.29 is 4.79 Å². The molecule has 0 fully saturated rings. The van der Waals surface area contributed by atoms with Gasteiger partial charge in [-0.2, -0.15) is 5.26 Å². The van der Waals surface area contributed by atoms with E-state index < -0.39 is 5.92 Å². The summed E-state index contributed by atoms with van der Waals surface area (Å²) in [7, 11) is 0. The number of para-hydroxylation sites is 2. The summed E-state index contributed by atoms with van der Waals surface area (Å²) in [6, 6.07) is 9.68. The Bertz CT molecular complexity index is 945. The molecule has 24 heavy (non-hydrogen) atoms. The summed E-state index contributed by atoms with van der Waals surface area (Å²) in [5, 5.41) is 12.4. The lowest BCUT2D eigenvalue weighted by atomic mass is 10.1. The van der Waals surface area contributed by atoms with Gasteiger partial charge in [-0.25, -0.2) is 15.0 Å². The number of nitriles is 1. The van der Waals surface area contributed by atoms with Gasteiger partial charge < -0.3 is 0 Å². The molecule has 5 nitrogen and oxygen atoms in total. The molecule has 0 aliphatic carbocycles. The molecule has 0 saturated heterocycles. The van der Waals surface area contributed by atoms with Crippen molar-refractivity contribution in [3.8, 4) is 6.07 Å². The van der Waals surface area contributed by atoms with Gasteiger partial charge in [-0.3, -0.25) is 4.79 Å². The van der Waals surface area contributed by atoms with Crippen molar-refractivity contribution in [2.75, 3.05) is 5.75 Å². The van der Waals surface area contributed by atoms with Crippen LogP contribution in [0.2, 0.25) is 0 Å². The molecule has 0 spiro atoms. The highest BCUT2D eigenvalue weighted by atomic mass is 32.2. The molecule has 0 aliphatic rings. The van der Waals surface area contributed by atoms with Crippen molar-refractivity contribution in [2.45, 2.75) is 24.8 Å². The van der Waals surface area contributed by atoms with Crippen LogP contribution in [0.25, 0.3) is 11.0 Å². The van der Waals surface area contributed by atoms with Gasteiger partial charge in [0, 0.05) is 11.1 Å². The minimum absolute atomic E-state index is 0.161. The van der Waals surface area contributed by atoms with E-state index >= 15 is 0 Å². The predicted octanol–water partition coefficient (Wildman–Crippen LogP) is 3.67. The largest absolute Gasteiger partial charge is 0.297 e. The number of ketones is 1. The monoisotopic (exact) mass is 354 g/mol. The molecule has 1 unspecified atom stereocenters. The Balaban J connectivity index is 1.76. The number of aryl methyl sites for hydroxylation is 2. The molecule has 3 aromatic rings. The van der Waals surface area contributed by atoms with E-state index in [1.165, 1.54) is 23.1 Å². The van der Waals surface area contributed by atoms with Crippen LogP contribution in [0.4, 0.5) is 0 Å². The van der Waals surface area contributed by atoms with Gasteiger partial charge in [-0.15, -0.1) is 11.3 Å². The maximum Gasteiger partial charge on any atom is 0.167 e. The third-order valence-corrected chi connectivity index (χ3v) is 5.50. The Morgan fingerprint density at radius 2 is 1.96 bits per heavy atom. The average molecular weight is 354 g/mol. The highest BCUT2D eigenvalue weighted by molar-refractivity contribution is 8.00.